The van der Waals surface area contributed by atoms with Crippen LogP contribution < -0.4 is 10.6 Å². The lowest BCUT2D eigenvalue weighted by Crippen LogP contribution is -2.43. The van der Waals surface area contributed by atoms with Gasteiger partial charge in [-0.15, -0.1) is 0 Å². The van der Waals surface area contributed by atoms with Gasteiger partial charge in [-0.3, -0.25) is 9.59 Å². The lowest BCUT2D eigenvalue weighted by atomic mass is 9.98. The van der Waals surface area contributed by atoms with E-state index in [0.29, 0.717) is 30.8 Å². The molecule has 1 atom stereocenters. The van der Waals surface area contributed by atoms with Gasteiger partial charge in [0.15, 0.2) is 0 Å². The van der Waals surface area contributed by atoms with Crippen molar-refractivity contribution in [1.29, 1.82) is 0 Å². The fourth-order valence-corrected chi connectivity index (χ4v) is 3.88. The van der Waals surface area contributed by atoms with Gasteiger partial charge in [0, 0.05) is 30.4 Å². The summed E-state index contributed by atoms with van der Waals surface area (Å²) in [5.41, 5.74) is 1.24. The van der Waals surface area contributed by atoms with Crippen LogP contribution in [0.5, 0.6) is 0 Å². The summed E-state index contributed by atoms with van der Waals surface area (Å²) in [6, 6.07) is 7.01. The molecule has 0 bridgehead atoms. The molecule has 0 radical (unpaired) electrons. The van der Waals surface area contributed by atoms with Gasteiger partial charge >= 0.3 is 0 Å². The van der Waals surface area contributed by atoms with E-state index in [1.807, 2.05) is 0 Å². The van der Waals surface area contributed by atoms with Gasteiger partial charge in [0.2, 0.25) is 21.8 Å². The van der Waals surface area contributed by atoms with Gasteiger partial charge in [-0.05, 0) is 43.9 Å². The monoisotopic (exact) mass is 365 g/mol. The van der Waals surface area contributed by atoms with E-state index in [4.69, 9.17) is 0 Å². The highest BCUT2D eigenvalue weighted by atomic mass is 32.2. The number of carbonyl (C=O) groups excluding carboxylic acids is 2. The summed E-state index contributed by atoms with van der Waals surface area (Å²) in [7, 11) is -3.28. The molecule has 1 aliphatic heterocycles. The molecule has 2 N–H and O–H groups in total. The largest absolute Gasteiger partial charge is 0.326 e. The zero-order chi connectivity index (χ0) is 18.0. The first-order valence-corrected chi connectivity index (χ1v) is 10.3. The van der Waals surface area contributed by atoms with E-state index in [0.717, 1.165) is 12.8 Å². The molecule has 1 heterocycles. The summed E-state index contributed by atoms with van der Waals surface area (Å²) < 4.78 is 24.7. The predicted octanol–water partition coefficient (Wildman–Crippen LogP) is 1.65. The molecule has 2 aliphatic rings. The second kappa shape index (κ2) is 7.13. The molecular formula is C17H23N3O4S. The summed E-state index contributed by atoms with van der Waals surface area (Å²) in [5.74, 6) is -0.436. The summed E-state index contributed by atoms with van der Waals surface area (Å²) in [6.45, 7) is 0.675. The average molecular weight is 365 g/mol. The Morgan fingerprint density at radius 1 is 1.04 bits per heavy atom. The molecule has 1 saturated carbocycles. The SMILES string of the molecule is CS(=O)(=O)N1CCCC(C(=O)Nc2cccc(NC(=O)C3CC3)c2)C1. The molecular weight excluding hydrogens is 342 g/mol. The van der Waals surface area contributed by atoms with Gasteiger partial charge in [0.25, 0.3) is 0 Å². The normalized spacial score (nSPS) is 21.6. The molecule has 1 aliphatic carbocycles. The van der Waals surface area contributed by atoms with Crippen molar-refractivity contribution in [2.75, 3.05) is 30.0 Å². The first-order valence-electron chi connectivity index (χ1n) is 8.50. The second-order valence-corrected chi connectivity index (χ2v) is 8.78. The van der Waals surface area contributed by atoms with Crippen LogP contribution in [0.3, 0.4) is 0 Å². The van der Waals surface area contributed by atoms with Crippen LogP contribution in [0.15, 0.2) is 24.3 Å². The van der Waals surface area contributed by atoms with Crippen LogP contribution in [0.1, 0.15) is 25.7 Å². The number of hydrogen-bond donors (Lipinski definition) is 2. The van der Waals surface area contributed by atoms with Gasteiger partial charge in [-0.2, -0.15) is 0 Å². The first-order chi connectivity index (χ1) is 11.8. The van der Waals surface area contributed by atoms with Gasteiger partial charge in [-0.1, -0.05) is 6.07 Å². The summed E-state index contributed by atoms with van der Waals surface area (Å²) in [6.07, 6.45) is 4.36. The Hall–Kier alpha value is -1.93. The van der Waals surface area contributed by atoms with Gasteiger partial charge < -0.3 is 10.6 Å². The maximum Gasteiger partial charge on any atom is 0.228 e. The molecule has 136 valence electrons. The zero-order valence-corrected chi connectivity index (χ0v) is 15.0. The Morgan fingerprint density at radius 2 is 1.64 bits per heavy atom. The van der Waals surface area contributed by atoms with Crippen LogP contribution >= 0.6 is 0 Å². The molecule has 3 rings (SSSR count). The number of piperidine rings is 1. The molecule has 25 heavy (non-hydrogen) atoms. The Balaban J connectivity index is 1.61. The molecule has 8 heteroatoms. The van der Waals surface area contributed by atoms with Gasteiger partial charge in [-0.25, -0.2) is 12.7 Å². The van der Waals surface area contributed by atoms with Crippen molar-refractivity contribution in [3.63, 3.8) is 0 Å². The fraction of sp³-hybridized carbons (Fsp3) is 0.529. The maximum atomic E-state index is 12.5. The average Bonchev–Trinajstić information content (AvgIpc) is 3.39. The topological polar surface area (TPSA) is 95.6 Å². The van der Waals surface area contributed by atoms with Crippen LogP contribution in [0, 0.1) is 11.8 Å². The highest BCUT2D eigenvalue weighted by molar-refractivity contribution is 7.88. The Labute approximate surface area is 147 Å². The number of nitrogens with one attached hydrogen (secondary N) is 2. The van der Waals surface area contributed by atoms with E-state index in [1.54, 1.807) is 24.3 Å². The van der Waals surface area contributed by atoms with Crippen molar-refractivity contribution in [2.24, 2.45) is 11.8 Å². The Kier molecular flexibility index (Phi) is 5.10. The summed E-state index contributed by atoms with van der Waals surface area (Å²) in [5, 5.41) is 5.68. The lowest BCUT2D eigenvalue weighted by molar-refractivity contribution is -0.121. The highest BCUT2D eigenvalue weighted by Gasteiger charge is 2.31. The third kappa shape index (κ3) is 4.79. The fourth-order valence-electron chi connectivity index (χ4n) is 2.97. The number of amides is 2. The molecule has 1 unspecified atom stereocenters. The minimum Gasteiger partial charge on any atom is -0.326 e. The Bertz CT molecular complexity index is 774. The minimum atomic E-state index is -3.28. The second-order valence-electron chi connectivity index (χ2n) is 6.79. The van der Waals surface area contributed by atoms with Crippen molar-refractivity contribution < 1.29 is 18.0 Å². The van der Waals surface area contributed by atoms with Crippen LogP contribution in [-0.4, -0.2) is 43.9 Å². The number of carbonyl (C=O) groups is 2. The van der Waals surface area contributed by atoms with Crippen LogP contribution in [0.2, 0.25) is 0 Å². The van der Waals surface area contributed by atoms with Crippen LogP contribution in [-0.2, 0) is 19.6 Å². The predicted molar refractivity (Wildman–Crippen MR) is 95.6 cm³/mol. The van der Waals surface area contributed by atoms with Crippen molar-refractivity contribution in [1.82, 2.24) is 4.31 Å². The molecule has 2 amide bonds. The Morgan fingerprint density at radius 3 is 2.20 bits per heavy atom. The number of sulfonamides is 1. The van der Waals surface area contributed by atoms with E-state index < -0.39 is 10.0 Å². The minimum absolute atomic E-state index is 0.0135. The van der Waals surface area contributed by atoms with Crippen molar-refractivity contribution in [3.05, 3.63) is 24.3 Å². The van der Waals surface area contributed by atoms with E-state index in [9.17, 15) is 18.0 Å². The van der Waals surface area contributed by atoms with Gasteiger partial charge in [0.1, 0.15) is 0 Å². The number of nitrogens with zero attached hydrogens (tertiary/aromatic N) is 1. The van der Waals surface area contributed by atoms with E-state index in [2.05, 4.69) is 10.6 Å². The molecule has 7 nitrogen and oxygen atoms in total. The summed E-state index contributed by atoms with van der Waals surface area (Å²) >= 11 is 0. The van der Waals surface area contributed by atoms with Crippen LogP contribution in [0.4, 0.5) is 11.4 Å². The number of anilines is 2. The third-order valence-electron chi connectivity index (χ3n) is 4.57. The number of rotatable bonds is 5. The number of benzene rings is 1. The number of hydrogen-bond acceptors (Lipinski definition) is 4. The van der Waals surface area contributed by atoms with Crippen molar-refractivity contribution in [2.45, 2.75) is 25.7 Å². The maximum absolute atomic E-state index is 12.5. The molecule has 2 fully saturated rings. The third-order valence-corrected chi connectivity index (χ3v) is 5.84. The van der Waals surface area contributed by atoms with Crippen molar-refractivity contribution >= 4 is 33.2 Å². The highest BCUT2D eigenvalue weighted by Crippen LogP contribution is 2.30. The molecule has 1 saturated heterocycles. The van der Waals surface area contributed by atoms with Gasteiger partial charge in [0.05, 0.1) is 12.2 Å². The quantitative estimate of drug-likeness (QED) is 0.829. The standard InChI is InChI=1S/C17H23N3O4S/c1-25(23,24)20-9-3-4-13(11-20)17(22)19-15-6-2-5-14(10-15)18-16(21)12-7-8-12/h2,5-6,10,12-13H,3-4,7-9,11H2,1H3,(H,18,21)(H,19,22). The van der Waals surface area contributed by atoms with E-state index in [-0.39, 0.29) is 30.2 Å². The summed E-state index contributed by atoms with van der Waals surface area (Å²) in [4.78, 5) is 24.3. The lowest BCUT2D eigenvalue weighted by Gasteiger charge is -2.30. The van der Waals surface area contributed by atoms with Crippen LogP contribution in [0.25, 0.3) is 0 Å². The van der Waals surface area contributed by atoms with E-state index in [1.165, 1.54) is 10.6 Å². The first kappa shape index (κ1) is 17.9. The molecule has 0 aromatic heterocycles. The van der Waals surface area contributed by atoms with E-state index >= 15 is 0 Å². The molecule has 1 aromatic rings. The zero-order valence-electron chi connectivity index (χ0n) is 14.2. The molecule has 1 aromatic carbocycles. The van der Waals surface area contributed by atoms with Crippen molar-refractivity contribution in [3.8, 4) is 0 Å². The smallest absolute Gasteiger partial charge is 0.228 e. The molecule has 0 spiro atoms.